The summed E-state index contributed by atoms with van der Waals surface area (Å²) in [5.74, 6) is 0.174. The minimum atomic E-state index is -3.59. The molecular formula is C19H24ClN3O3S. The minimum Gasteiger partial charge on any atom is -0.345 e. The Morgan fingerprint density at radius 1 is 1.22 bits per heavy atom. The first-order valence-electron chi connectivity index (χ1n) is 8.92. The molecule has 146 valence electrons. The van der Waals surface area contributed by atoms with Gasteiger partial charge in [0.2, 0.25) is 10.0 Å². The van der Waals surface area contributed by atoms with Gasteiger partial charge in [-0.25, -0.2) is 8.42 Å². The molecule has 1 aliphatic rings. The SMILES string of the molecule is Cc1cc(Cl)ccc1NC(=O)c1cc(S(=O)(=O)N2CCC(C)CC2)cn1C. The fourth-order valence-corrected chi connectivity index (χ4v) is 5.00. The third-order valence-corrected chi connectivity index (χ3v) is 7.13. The summed E-state index contributed by atoms with van der Waals surface area (Å²) in [7, 11) is -1.92. The zero-order valence-electron chi connectivity index (χ0n) is 15.7. The van der Waals surface area contributed by atoms with E-state index in [1.807, 2.05) is 6.92 Å². The number of amides is 1. The Bertz CT molecular complexity index is 961. The second kappa shape index (κ2) is 7.66. The van der Waals surface area contributed by atoms with Crippen LogP contribution in [-0.4, -0.2) is 36.3 Å². The Labute approximate surface area is 165 Å². The molecule has 27 heavy (non-hydrogen) atoms. The Morgan fingerprint density at radius 3 is 2.52 bits per heavy atom. The first-order chi connectivity index (χ1) is 12.7. The number of hydrogen-bond donors (Lipinski definition) is 1. The lowest BCUT2D eigenvalue weighted by Gasteiger charge is -2.29. The summed E-state index contributed by atoms with van der Waals surface area (Å²) < 4.78 is 28.8. The van der Waals surface area contributed by atoms with Crippen molar-refractivity contribution in [2.45, 2.75) is 31.6 Å². The van der Waals surface area contributed by atoms with E-state index in [1.165, 1.54) is 16.6 Å². The van der Waals surface area contributed by atoms with Crippen molar-refractivity contribution >= 4 is 33.2 Å². The van der Waals surface area contributed by atoms with Crippen molar-refractivity contribution in [3.8, 4) is 0 Å². The van der Waals surface area contributed by atoms with Gasteiger partial charge in [-0.1, -0.05) is 18.5 Å². The van der Waals surface area contributed by atoms with Crippen molar-refractivity contribution in [3.05, 3.63) is 46.7 Å². The van der Waals surface area contributed by atoms with Gasteiger partial charge in [0.05, 0.1) is 0 Å². The topological polar surface area (TPSA) is 71.4 Å². The Balaban J connectivity index is 1.82. The Kier molecular flexibility index (Phi) is 5.65. The maximum Gasteiger partial charge on any atom is 0.272 e. The highest BCUT2D eigenvalue weighted by atomic mass is 35.5. The summed E-state index contributed by atoms with van der Waals surface area (Å²) in [6.07, 6.45) is 3.21. The highest BCUT2D eigenvalue weighted by molar-refractivity contribution is 7.89. The predicted molar refractivity (Wildman–Crippen MR) is 107 cm³/mol. The number of aromatic nitrogens is 1. The molecule has 0 unspecified atom stereocenters. The second-order valence-corrected chi connectivity index (χ2v) is 9.55. The monoisotopic (exact) mass is 409 g/mol. The van der Waals surface area contributed by atoms with Crippen LogP contribution in [-0.2, 0) is 17.1 Å². The van der Waals surface area contributed by atoms with Crippen molar-refractivity contribution in [1.82, 2.24) is 8.87 Å². The lowest BCUT2D eigenvalue weighted by molar-refractivity contribution is 0.101. The molecule has 1 aromatic carbocycles. The largest absolute Gasteiger partial charge is 0.345 e. The van der Waals surface area contributed by atoms with E-state index >= 15 is 0 Å². The average molecular weight is 410 g/mol. The molecule has 0 atom stereocenters. The third kappa shape index (κ3) is 4.20. The Morgan fingerprint density at radius 2 is 1.89 bits per heavy atom. The number of anilines is 1. The van der Waals surface area contributed by atoms with Gasteiger partial charge in [-0.3, -0.25) is 4.79 Å². The number of benzene rings is 1. The molecule has 8 heteroatoms. The molecule has 2 aromatic rings. The van der Waals surface area contributed by atoms with Crippen LogP contribution in [0.4, 0.5) is 5.69 Å². The second-order valence-electron chi connectivity index (χ2n) is 7.17. The fraction of sp³-hybridized carbons (Fsp3) is 0.421. The lowest BCUT2D eigenvalue weighted by Crippen LogP contribution is -2.37. The summed E-state index contributed by atoms with van der Waals surface area (Å²) in [6, 6.07) is 6.62. The van der Waals surface area contributed by atoms with Crippen molar-refractivity contribution in [2.75, 3.05) is 18.4 Å². The van der Waals surface area contributed by atoms with Gasteiger partial charge in [0.15, 0.2) is 0 Å². The number of nitrogens with zero attached hydrogens (tertiary/aromatic N) is 2. The van der Waals surface area contributed by atoms with Crippen LogP contribution >= 0.6 is 11.6 Å². The molecule has 6 nitrogen and oxygen atoms in total. The zero-order valence-corrected chi connectivity index (χ0v) is 17.3. The molecule has 1 fully saturated rings. The molecule has 0 saturated carbocycles. The van der Waals surface area contributed by atoms with Crippen molar-refractivity contribution in [3.63, 3.8) is 0 Å². The van der Waals surface area contributed by atoms with Crippen LogP contribution in [0.15, 0.2) is 35.4 Å². The molecule has 1 aliphatic heterocycles. The molecule has 3 rings (SSSR count). The highest BCUT2D eigenvalue weighted by Gasteiger charge is 2.30. The number of rotatable bonds is 4. The molecule has 0 aliphatic carbocycles. The predicted octanol–water partition coefficient (Wildman–Crippen LogP) is 3.66. The van der Waals surface area contributed by atoms with Gasteiger partial charge in [-0.05, 0) is 55.5 Å². The van der Waals surface area contributed by atoms with Gasteiger partial charge in [0.25, 0.3) is 5.91 Å². The van der Waals surface area contributed by atoms with Crippen LogP contribution < -0.4 is 5.32 Å². The molecule has 1 saturated heterocycles. The van der Waals surface area contributed by atoms with Crippen LogP contribution in [0.3, 0.4) is 0 Å². The van der Waals surface area contributed by atoms with E-state index in [-0.39, 0.29) is 16.5 Å². The van der Waals surface area contributed by atoms with E-state index in [0.717, 1.165) is 18.4 Å². The maximum atomic E-state index is 12.9. The van der Waals surface area contributed by atoms with Gasteiger partial charge in [0, 0.05) is 37.0 Å². The molecule has 0 radical (unpaired) electrons. The van der Waals surface area contributed by atoms with Crippen LogP contribution in [0.25, 0.3) is 0 Å². The summed E-state index contributed by atoms with van der Waals surface area (Å²) in [4.78, 5) is 12.8. The van der Waals surface area contributed by atoms with Gasteiger partial charge >= 0.3 is 0 Å². The first kappa shape index (κ1) is 19.9. The van der Waals surface area contributed by atoms with Crippen LogP contribution in [0.5, 0.6) is 0 Å². The standard InChI is InChI=1S/C19H24ClN3O3S/c1-13-6-8-23(9-7-13)27(25,26)16-11-18(22(3)12-16)19(24)21-17-5-4-15(20)10-14(17)2/h4-5,10-13H,6-9H2,1-3H3,(H,21,24). The maximum absolute atomic E-state index is 12.9. The van der Waals surface area contributed by atoms with E-state index in [1.54, 1.807) is 29.8 Å². The van der Waals surface area contributed by atoms with E-state index in [2.05, 4.69) is 12.2 Å². The summed E-state index contributed by atoms with van der Waals surface area (Å²) in [6.45, 7) is 5.02. The van der Waals surface area contributed by atoms with E-state index in [4.69, 9.17) is 11.6 Å². The number of carbonyl (C=O) groups is 1. The van der Waals surface area contributed by atoms with E-state index in [9.17, 15) is 13.2 Å². The number of piperidine rings is 1. The normalized spacial score (nSPS) is 16.4. The molecule has 0 spiro atoms. The number of hydrogen-bond acceptors (Lipinski definition) is 3. The molecule has 1 amide bonds. The average Bonchev–Trinajstić information content (AvgIpc) is 3.00. The number of halogens is 1. The van der Waals surface area contributed by atoms with Gasteiger partial charge in [-0.2, -0.15) is 4.31 Å². The quantitative estimate of drug-likeness (QED) is 0.837. The van der Waals surface area contributed by atoms with Gasteiger partial charge < -0.3 is 9.88 Å². The lowest BCUT2D eigenvalue weighted by atomic mass is 10.0. The summed E-state index contributed by atoms with van der Waals surface area (Å²) >= 11 is 5.94. The fourth-order valence-electron chi connectivity index (χ4n) is 3.23. The Hall–Kier alpha value is -1.83. The third-order valence-electron chi connectivity index (χ3n) is 5.03. The first-order valence-corrected chi connectivity index (χ1v) is 10.7. The van der Waals surface area contributed by atoms with Crippen LogP contribution in [0, 0.1) is 12.8 Å². The zero-order chi connectivity index (χ0) is 19.8. The number of nitrogens with one attached hydrogen (secondary N) is 1. The highest BCUT2D eigenvalue weighted by Crippen LogP contribution is 2.25. The van der Waals surface area contributed by atoms with Gasteiger partial charge in [0.1, 0.15) is 10.6 Å². The molecule has 0 bridgehead atoms. The number of sulfonamides is 1. The van der Waals surface area contributed by atoms with E-state index in [0.29, 0.717) is 29.7 Å². The van der Waals surface area contributed by atoms with Crippen molar-refractivity contribution in [1.29, 1.82) is 0 Å². The van der Waals surface area contributed by atoms with Gasteiger partial charge in [-0.15, -0.1) is 0 Å². The van der Waals surface area contributed by atoms with Crippen LogP contribution in [0.1, 0.15) is 35.8 Å². The molecule has 1 N–H and O–H groups in total. The van der Waals surface area contributed by atoms with Crippen molar-refractivity contribution in [2.24, 2.45) is 13.0 Å². The molecule has 1 aromatic heterocycles. The molecular weight excluding hydrogens is 386 g/mol. The molecule has 2 heterocycles. The summed E-state index contributed by atoms with van der Waals surface area (Å²) in [5, 5.41) is 3.41. The minimum absolute atomic E-state index is 0.150. The van der Waals surface area contributed by atoms with E-state index < -0.39 is 10.0 Å². The number of carbonyl (C=O) groups excluding carboxylic acids is 1. The smallest absolute Gasteiger partial charge is 0.272 e. The van der Waals surface area contributed by atoms with Crippen LogP contribution in [0.2, 0.25) is 5.02 Å². The summed E-state index contributed by atoms with van der Waals surface area (Å²) in [5.41, 5.74) is 1.76. The number of aryl methyl sites for hydroxylation is 2. The van der Waals surface area contributed by atoms with Crippen molar-refractivity contribution < 1.29 is 13.2 Å².